The molecule has 178 valence electrons. The quantitative estimate of drug-likeness (QED) is 0.543. The Balaban J connectivity index is 1.56. The first-order valence-corrected chi connectivity index (χ1v) is 12.8. The van der Waals surface area contributed by atoms with E-state index in [0.717, 1.165) is 12.8 Å². The highest BCUT2D eigenvalue weighted by molar-refractivity contribution is 7.88. The Morgan fingerprint density at radius 2 is 1.73 bits per heavy atom. The summed E-state index contributed by atoms with van der Waals surface area (Å²) in [6.45, 7) is 3.09. The van der Waals surface area contributed by atoms with E-state index in [0.29, 0.717) is 36.2 Å². The molecule has 7 nitrogen and oxygen atoms in total. The predicted octanol–water partition coefficient (Wildman–Crippen LogP) is 3.54. The second kappa shape index (κ2) is 11.4. The first-order valence-electron chi connectivity index (χ1n) is 11.2. The van der Waals surface area contributed by atoms with E-state index in [9.17, 15) is 22.4 Å². The number of rotatable bonds is 9. The van der Waals surface area contributed by atoms with Crippen LogP contribution in [0.1, 0.15) is 48.5 Å². The number of anilines is 1. The number of amides is 2. The molecule has 0 unspecified atom stereocenters. The van der Waals surface area contributed by atoms with Gasteiger partial charge in [0.1, 0.15) is 5.82 Å². The maximum absolute atomic E-state index is 13.1. The van der Waals surface area contributed by atoms with Crippen LogP contribution in [-0.2, 0) is 20.6 Å². The van der Waals surface area contributed by atoms with Crippen LogP contribution in [0.3, 0.4) is 0 Å². The normalized spacial score (nSPS) is 15.2. The molecule has 0 aliphatic carbocycles. The van der Waals surface area contributed by atoms with Crippen molar-refractivity contribution in [3.05, 3.63) is 65.5 Å². The molecule has 0 spiro atoms. The van der Waals surface area contributed by atoms with Crippen molar-refractivity contribution in [3.63, 3.8) is 0 Å². The minimum absolute atomic E-state index is 0.204. The summed E-state index contributed by atoms with van der Waals surface area (Å²) in [4.78, 5) is 25.3. The maximum atomic E-state index is 13.1. The average Bonchev–Trinajstić information content (AvgIpc) is 2.81. The molecule has 33 heavy (non-hydrogen) atoms. The standard InChI is InChI=1S/C24H30FN3O4S/c1-2-3-14-26-24(30)21-6-4-5-7-22(21)27-23(29)19-12-15-28(16-13-19)33(31,32)17-18-8-10-20(25)11-9-18/h4-11,19H,2-3,12-17H2,1H3,(H,26,30)(H,27,29). The van der Waals surface area contributed by atoms with Gasteiger partial charge in [-0.2, -0.15) is 0 Å². The highest BCUT2D eigenvalue weighted by Gasteiger charge is 2.31. The number of hydrogen-bond acceptors (Lipinski definition) is 4. The van der Waals surface area contributed by atoms with E-state index in [1.165, 1.54) is 28.6 Å². The lowest BCUT2D eigenvalue weighted by atomic mass is 9.97. The van der Waals surface area contributed by atoms with Gasteiger partial charge in [0, 0.05) is 25.6 Å². The molecule has 0 saturated carbocycles. The Morgan fingerprint density at radius 1 is 1.06 bits per heavy atom. The average molecular weight is 476 g/mol. The number of hydrogen-bond donors (Lipinski definition) is 2. The Hall–Kier alpha value is -2.78. The SMILES string of the molecule is CCCCNC(=O)c1ccccc1NC(=O)C1CCN(S(=O)(=O)Cc2ccc(F)cc2)CC1. The van der Waals surface area contributed by atoms with Crippen LogP contribution in [0.2, 0.25) is 0 Å². The topological polar surface area (TPSA) is 95.6 Å². The summed E-state index contributed by atoms with van der Waals surface area (Å²) in [5, 5.41) is 5.70. The van der Waals surface area contributed by atoms with E-state index in [4.69, 9.17) is 0 Å². The van der Waals surface area contributed by atoms with Gasteiger partial charge in [-0.25, -0.2) is 17.1 Å². The monoisotopic (exact) mass is 475 g/mol. The fraction of sp³-hybridized carbons (Fsp3) is 0.417. The van der Waals surface area contributed by atoms with Gasteiger partial charge in [-0.05, 0) is 49.1 Å². The van der Waals surface area contributed by atoms with E-state index in [2.05, 4.69) is 10.6 Å². The van der Waals surface area contributed by atoms with E-state index in [-0.39, 0.29) is 36.6 Å². The highest BCUT2D eigenvalue weighted by atomic mass is 32.2. The lowest BCUT2D eigenvalue weighted by molar-refractivity contribution is -0.120. The maximum Gasteiger partial charge on any atom is 0.253 e. The molecule has 1 saturated heterocycles. The lowest BCUT2D eigenvalue weighted by Gasteiger charge is -2.30. The molecule has 9 heteroatoms. The first-order chi connectivity index (χ1) is 15.8. The van der Waals surface area contributed by atoms with Crippen molar-refractivity contribution in [1.82, 2.24) is 9.62 Å². The molecule has 0 radical (unpaired) electrons. The number of carbonyl (C=O) groups is 2. The van der Waals surface area contributed by atoms with Crippen molar-refractivity contribution in [1.29, 1.82) is 0 Å². The minimum Gasteiger partial charge on any atom is -0.352 e. The van der Waals surface area contributed by atoms with Gasteiger partial charge >= 0.3 is 0 Å². The molecule has 3 rings (SSSR count). The molecule has 0 bridgehead atoms. The summed E-state index contributed by atoms with van der Waals surface area (Å²) >= 11 is 0. The molecule has 1 fully saturated rings. The van der Waals surface area contributed by atoms with Gasteiger partial charge in [0.25, 0.3) is 5.91 Å². The second-order valence-electron chi connectivity index (χ2n) is 8.20. The van der Waals surface area contributed by atoms with Crippen LogP contribution in [0, 0.1) is 11.7 Å². The van der Waals surface area contributed by atoms with Gasteiger partial charge in [0.15, 0.2) is 0 Å². The van der Waals surface area contributed by atoms with Crippen LogP contribution < -0.4 is 10.6 Å². The van der Waals surface area contributed by atoms with E-state index >= 15 is 0 Å². The summed E-state index contributed by atoms with van der Waals surface area (Å²) < 4.78 is 39.9. The van der Waals surface area contributed by atoms with E-state index in [1.807, 2.05) is 6.92 Å². The van der Waals surface area contributed by atoms with E-state index < -0.39 is 15.8 Å². The summed E-state index contributed by atoms with van der Waals surface area (Å²) in [5.74, 6) is -1.42. The van der Waals surface area contributed by atoms with Gasteiger partial charge in [-0.1, -0.05) is 37.6 Å². The number of para-hydroxylation sites is 1. The fourth-order valence-corrected chi connectivity index (χ4v) is 5.34. The van der Waals surface area contributed by atoms with Crippen molar-refractivity contribution >= 4 is 27.5 Å². The molecule has 2 aromatic carbocycles. The molecule has 2 N–H and O–H groups in total. The molecule has 2 amide bonds. The van der Waals surface area contributed by atoms with Gasteiger partial charge in [-0.3, -0.25) is 9.59 Å². The molecule has 1 aliphatic heterocycles. The van der Waals surface area contributed by atoms with Crippen molar-refractivity contribution < 1.29 is 22.4 Å². The van der Waals surface area contributed by atoms with Crippen molar-refractivity contribution in [3.8, 4) is 0 Å². The predicted molar refractivity (Wildman–Crippen MR) is 126 cm³/mol. The molecular weight excluding hydrogens is 445 g/mol. The zero-order chi connectivity index (χ0) is 23.8. The summed E-state index contributed by atoms with van der Waals surface area (Å²) in [6, 6.07) is 12.3. The number of carbonyl (C=O) groups excluding carboxylic acids is 2. The van der Waals surface area contributed by atoms with Crippen LogP contribution in [0.4, 0.5) is 10.1 Å². The second-order valence-corrected chi connectivity index (χ2v) is 10.2. The molecular formula is C24H30FN3O4S. The number of halogens is 1. The third-order valence-electron chi connectivity index (χ3n) is 5.73. The Labute approximate surface area is 194 Å². The number of benzene rings is 2. The molecule has 1 heterocycles. The van der Waals surface area contributed by atoms with Gasteiger partial charge in [-0.15, -0.1) is 0 Å². The third kappa shape index (κ3) is 6.85. The number of nitrogens with one attached hydrogen (secondary N) is 2. The lowest BCUT2D eigenvalue weighted by Crippen LogP contribution is -2.42. The molecule has 1 aliphatic rings. The zero-order valence-corrected chi connectivity index (χ0v) is 19.5. The summed E-state index contributed by atoms with van der Waals surface area (Å²) in [7, 11) is -3.56. The van der Waals surface area contributed by atoms with Crippen LogP contribution in [0.25, 0.3) is 0 Å². The summed E-state index contributed by atoms with van der Waals surface area (Å²) in [5.41, 5.74) is 1.37. The van der Waals surface area contributed by atoms with Crippen molar-refractivity contribution in [2.45, 2.75) is 38.4 Å². The Bertz CT molecular complexity index is 1070. The number of sulfonamides is 1. The van der Waals surface area contributed by atoms with Gasteiger partial charge in [0.2, 0.25) is 15.9 Å². The van der Waals surface area contributed by atoms with Crippen LogP contribution in [0.5, 0.6) is 0 Å². The first kappa shape index (κ1) is 24.9. The molecule has 0 atom stereocenters. The van der Waals surface area contributed by atoms with E-state index in [1.54, 1.807) is 24.3 Å². The van der Waals surface area contributed by atoms with Crippen LogP contribution in [-0.4, -0.2) is 44.2 Å². The number of unbranched alkanes of at least 4 members (excludes halogenated alkanes) is 1. The highest BCUT2D eigenvalue weighted by Crippen LogP contribution is 2.24. The number of nitrogens with zero attached hydrogens (tertiary/aromatic N) is 1. The fourth-order valence-electron chi connectivity index (χ4n) is 3.78. The van der Waals surface area contributed by atoms with Crippen LogP contribution in [0.15, 0.2) is 48.5 Å². The molecule has 0 aromatic heterocycles. The Morgan fingerprint density at radius 3 is 2.39 bits per heavy atom. The largest absolute Gasteiger partial charge is 0.352 e. The zero-order valence-electron chi connectivity index (χ0n) is 18.7. The van der Waals surface area contributed by atoms with Gasteiger partial charge in [0.05, 0.1) is 17.0 Å². The summed E-state index contributed by atoms with van der Waals surface area (Å²) in [6.07, 6.45) is 2.62. The smallest absolute Gasteiger partial charge is 0.253 e. The van der Waals surface area contributed by atoms with Gasteiger partial charge < -0.3 is 10.6 Å². The third-order valence-corrected chi connectivity index (χ3v) is 7.58. The van der Waals surface area contributed by atoms with Crippen molar-refractivity contribution in [2.24, 2.45) is 5.92 Å². The molecule has 2 aromatic rings. The Kier molecular flexibility index (Phi) is 8.57. The number of piperidine rings is 1. The minimum atomic E-state index is -3.56. The van der Waals surface area contributed by atoms with Crippen molar-refractivity contribution in [2.75, 3.05) is 25.0 Å². The van der Waals surface area contributed by atoms with Crippen LogP contribution >= 0.6 is 0 Å².